The van der Waals surface area contributed by atoms with Crippen molar-refractivity contribution in [2.75, 3.05) is 6.54 Å². The molecule has 2 rings (SSSR count). The summed E-state index contributed by atoms with van der Waals surface area (Å²) in [5.74, 6) is 0.370. The normalized spacial score (nSPS) is 13.9. The first-order chi connectivity index (χ1) is 10.2. The molecule has 0 radical (unpaired) electrons. The van der Waals surface area contributed by atoms with Crippen molar-refractivity contribution in [1.29, 1.82) is 0 Å². The molecular formula is C19H24FN. The second kappa shape index (κ2) is 7.94. The highest BCUT2D eigenvalue weighted by atomic mass is 19.1. The molecule has 0 aliphatic rings. The first-order valence-corrected chi connectivity index (χ1v) is 7.74. The van der Waals surface area contributed by atoms with Crippen LogP contribution in [0.4, 0.5) is 4.39 Å². The van der Waals surface area contributed by atoms with Crippen molar-refractivity contribution in [2.45, 2.75) is 38.6 Å². The molecule has 2 heteroatoms. The van der Waals surface area contributed by atoms with Crippen LogP contribution in [0.15, 0.2) is 54.6 Å². The van der Waals surface area contributed by atoms with Gasteiger partial charge in [0, 0.05) is 6.04 Å². The van der Waals surface area contributed by atoms with E-state index in [9.17, 15) is 4.39 Å². The molecule has 0 saturated heterocycles. The van der Waals surface area contributed by atoms with Gasteiger partial charge in [0.2, 0.25) is 0 Å². The molecule has 0 fully saturated rings. The molecule has 112 valence electrons. The van der Waals surface area contributed by atoms with Crippen LogP contribution >= 0.6 is 0 Å². The Labute approximate surface area is 127 Å². The molecule has 1 nitrogen and oxygen atoms in total. The van der Waals surface area contributed by atoms with Gasteiger partial charge in [-0.25, -0.2) is 4.39 Å². The van der Waals surface area contributed by atoms with Crippen LogP contribution in [0.25, 0.3) is 0 Å². The topological polar surface area (TPSA) is 12.0 Å². The molecule has 2 aromatic carbocycles. The highest BCUT2D eigenvalue weighted by Gasteiger charge is 2.10. The van der Waals surface area contributed by atoms with Gasteiger partial charge >= 0.3 is 0 Å². The van der Waals surface area contributed by atoms with Crippen LogP contribution in [-0.2, 0) is 0 Å². The van der Waals surface area contributed by atoms with Gasteiger partial charge in [-0.1, -0.05) is 56.3 Å². The molecule has 0 amide bonds. The molecule has 0 spiro atoms. The van der Waals surface area contributed by atoms with Gasteiger partial charge in [-0.3, -0.25) is 0 Å². The van der Waals surface area contributed by atoms with Crippen LogP contribution in [0.2, 0.25) is 0 Å². The minimum Gasteiger partial charge on any atom is -0.310 e. The van der Waals surface area contributed by atoms with E-state index < -0.39 is 0 Å². The zero-order chi connectivity index (χ0) is 15.1. The Hall–Kier alpha value is -1.67. The summed E-state index contributed by atoms with van der Waals surface area (Å²) in [5, 5.41) is 3.55. The van der Waals surface area contributed by atoms with Crippen molar-refractivity contribution >= 4 is 0 Å². The second-order valence-electron chi connectivity index (χ2n) is 5.57. The third-order valence-electron chi connectivity index (χ3n) is 4.00. The number of hydrogen-bond acceptors (Lipinski definition) is 1. The summed E-state index contributed by atoms with van der Waals surface area (Å²) < 4.78 is 13.3. The van der Waals surface area contributed by atoms with Gasteiger partial charge in [-0.05, 0) is 48.6 Å². The summed E-state index contributed by atoms with van der Waals surface area (Å²) in [7, 11) is 0. The summed E-state index contributed by atoms with van der Waals surface area (Å²) >= 11 is 0. The third kappa shape index (κ3) is 4.68. The lowest BCUT2D eigenvalue weighted by Crippen LogP contribution is -2.23. The fourth-order valence-corrected chi connectivity index (χ4v) is 2.64. The lowest BCUT2D eigenvalue weighted by Gasteiger charge is -2.19. The smallest absolute Gasteiger partial charge is 0.123 e. The van der Waals surface area contributed by atoms with Crippen LogP contribution in [0.1, 0.15) is 49.8 Å². The van der Waals surface area contributed by atoms with E-state index in [-0.39, 0.29) is 11.9 Å². The molecule has 0 heterocycles. The van der Waals surface area contributed by atoms with Gasteiger partial charge in [-0.2, -0.15) is 0 Å². The van der Waals surface area contributed by atoms with E-state index in [1.54, 1.807) is 12.1 Å². The van der Waals surface area contributed by atoms with Crippen LogP contribution in [0.5, 0.6) is 0 Å². The Balaban J connectivity index is 1.86. The Kier molecular flexibility index (Phi) is 5.94. The van der Waals surface area contributed by atoms with E-state index in [2.05, 4.69) is 43.4 Å². The quantitative estimate of drug-likeness (QED) is 0.749. The van der Waals surface area contributed by atoms with Gasteiger partial charge in [0.1, 0.15) is 5.82 Å². The average Bonchev–Trinajstić information content (AvgIpc) is 2.52. The first-order valence-electron chi connectivity index (χ1n) is 7.74. The van der Waals surface area contributed by atoms with E-state index in [1.165, 1.54) is 11.6 Å². The number of rotatable bonds is 7. The van der Waals surface area contributed by atoms with Crippen molar-refractivity contribution in [3.05, 3.63) is 71.5 Å². The van der Waals surface area contributed by atoms with E-state index in [4.69, 9.17) is 0 Å². The van der Waals surface area contributed by atoms with Crippen molar-refractivity contribution < 1.29 is 4.39 Å². The van der Waals surface area contributed by atoms with E-state index in [0.29, 0.717) is 5.92 Å². The summed E-state index contributed by atoms with van der Waals surface area (Å²) in [5.41, 5.74) is 2.41. The number of halogens is 1. The fourth-order valence-electron chi connectivity index (χ4n) is 2.64. The van der Waals surface area contributed by atoms with Crippen LogP contribution in [-0.4, -0.2) is 6.54 Å². The molecule has 21 heavy (non-hydrogen) atoms. The minimum absolute atomic E-state index is 0.162. The maximum Gasteiger partial charge on any atom is 0.123 e. The molecule has 1 N–H and O–H groups in total. The molecule has 2 aromatic rings. The van der Waals surface area contributed by atoms with Crippen molar-refractivity contribution in [2.24, 2.45) is 0 Å². The molecular weight excluding hydrogens is 261 g/mol. The van der Waals surface area contributed by atoms with Gasteiger partial charge in [0.15, 0.2) is 0 Å². The SMILES string of the molecule is CCC(NCCC(C)c1ccccc1)c1cccc(F)c1. The standard InChI is InChI=1S/C19H24FN/c1-3-19(17-10-7-11-18(20)14-17)21-13-12-15(2)16-8-5-4-6-9-16/h4-11,14-15,19,21H,3,12-13H2,1-2H3. The highest BCUT2D eigenvalue weighted by molar-refractivity contribution is 5.20. The number of benzene rings is 2. The maximum atomic E-state index is 13.3. The Morgan fingerprint density at radius 1 is 1.00 bits per heavy atom. The second-order valence-corrected chi connectivity index (χ2v) is 5.57. The number of nitrogens with one attached hydrogen (secondary N) is 1. The van der Waals surface area contributed by atoms with Crippen molar-refractivity contribution in [3.8, 4) is 0 Å². The highest BCUT2D eigenvalue weighted by Crippen LogP contribution is 2.20. The van der Waals surface area contributed by atoms with Crippen LogP contribution in [0.3, 0.4) is 0 Å². The van der Waals surface area contributed by atoms with Gasteiger partial charge < -0.3 is 5.32 Å². The maximum absolute atomic E-state index is 13.3. The first kappa shape index (κ1) is 15.7. The lowest BCUT2D eigenvalue weighted by atomic mass is 9.97. The van der Waals surface area contributed by atoms with Gasteiger partial charge in [0.05, 0.1) is 0 Å². The molecule has 0 aromatic heterocycles. The third-order valence-corrected chi connectivity index (χ3v) is 4.00. The lowest BCUT2D eigenvalue weighted by molar-refractivity contribution is 0.490. The zero-order valence-electron chi connectivity index (χ0n) is 12.9. The van der Waals surface area contributed by atoms with E-state index in [0.717, 1.165) is 24.9 Å². The summed E-state index contributed by atoms with van der Waals surface area (Å²) in [4.78, 5) is 0. The molecule has 2 atom stereocenters. The van der Waals surface area contributed by atoms with Crippen LogP contribution < -0.4 is 5.32 Å². The average molecular weight is 285 g/mol. The predicted molar refractivity (Wildman–Crippen MR) is 86.9 cm³/mol. The Bertz CT molecular complexity index is 538. The van der Waals surface area contributed by atoms with Crippen molar-refractivity contribution in [3.63, 3.8) is 0 Å². The monoisotopic (exact) mass is 285 g/mol. The molecule has 0 bridgehead atoms. The van der Waals surface area contributed by atoms with E-state index in [1.807, 2.05) is 12.1 Å². The largest absolute Gasteiger partial charge is 0.310 e. The Morgan fingerprint density at radius 2 is 1.71 bits per heavy atom. The molecule has 0 aliphatic heterocycles. The fraction of sp³-hybridized carbons (Fsp3) is 0.368. The zero-order valence-corrected chi connectivity index (χ0v) is 12.9. The van der Waals surface area contributed by atoms with Crippen LogP contribution in [0, 0.1) is 5.82 Å². The van der Waals surface area contributed by atoms with Gasteiger partial charge in [0.25, 0.3) is 0 Å². The summed E-state index contributed by atoms with van der Waals surface area (Å²) in [6.45, 7) is 5.31. The van der Waals surface area contributed by atoms with Gasteiger partial charge in [-0.15, -0.1) is 0 Å². The summed E-state index contributed by atoms with van der Waals surface area (Å²) in [6, 6.07) is 17.7. The number of hydrogen-bond donors (Lipinski definition) is 1. The Morgan fingerprint density at radius 3 is 2.38 bits per heavy atom. The predicted octanol–water partition coefficient (Wildman–Crippen LogP) is 5.06. The van der Waals surface area contributed by atoms with Crippen molar-refractivity contribution in [1.82, 2.24) is 5.32 Å². The minimum atomic E-state index is -0.162. The molecule has 2 unspecified atom stereocenters. The molecule has 0 aliphatic carbocycles. The molecule has 0 saturated carbocycles. The van der Waals surface area contributed by atoms with E-state index >= 15 is 0 Å². The summed E-state index contributed by atoms with van der Waals surface area (Å²) in [6.07, 6.45) is 2.04.